The Labute approximate surface area is 156 Å². The summed E-state index contributed by atoms with van der Waals surface area (Å²) in [5.74, 6) is -0.371. The fourth-order valence-corrected chi connectivity index (χ4v) is 3.05. The minimum atomic E-state index is -4.47. The van der Waals surface area contributed by atoms with Crippen LogP contribution in [0.1, 0.15) is 5.56 Å². The largest absolute Gasteiger partial charge is 0.416 e. The van der Waals surface area contributed by atoms with Gasteiger partial charge in [-0.05, 0) is 30.3 Å². The molecular weight excluding hydrogens is 379 g/mol. The Kier molecular flexibility index (Phi) is 5.36. The zero-order valence-electron chi connectivity index (χ0n) is 13.8. The lowest BCUT2D eigenvalue weighted by molar-refractivity contribution is -0.137. The van der Waals surface area contributed by atoms with Gasteiger partial charge in [0.1, 0.15) is 0 Å². The van der Waals surface area contributed by atoms with Gasteiger partial charge >= 0.3 is 6.18 Å². The van der Waals surface area contributed by atoms with Gasteiger partial charge in [-0.1, -0.05) is 36.0 Å². The highest BCUT2D eigenvalue weighted by Gasteiger charge is 2.30. The van der Waals surface area contributed by atoms with Gasteiger partial charge < -0.3 is 11.1 Å². The van der Waals surface area contributed by atoms with E-state index in [2.05, 4.69) is 15.5 Å². The number of carbonyl (C=O) groups is 1. The summed E-state index contributed by atoms with van der Waals surface area (Å²) in [5.41, 5.74) is 5.81. The van der Waals surface area contributed by atoms with Crippen LogP contribution < -0.4 is 11.1 Å². The Bertz CT molecular complexity index is 943. The monoisotopic (exact) mass is 393 g/mol. The Morgan fingerprint density at radius 2 is 1.85 bits per heavy atom. The van der Waals surface area contributed by atoms with Crippen LogP contribution in [0, 0.1) is 0 Å². The molecule has 2 aromatic carbocycles. The number of hydrogen-bond acceptors (Lipinski definition) is 5. The van der Waals surface area contributed by atoms with E-state index in [1.165, 1.54) is 12.1 Å². The van der Waals surface area contributed by atoms with Crippen molar-refractivity contribution >= 4 is 29.3 Å². The van der Waals surface area contributed by atoms with E-state index in [0.29, 0.717) is 5.16 Å². The van der Waals surface area contributed by atoms with E-state index in [4.69, 9.17) is 5.73 Å². The van der Waals surface area contributed by atoms with Gasteiger partial charge in [0.25, 0.3) is 0 Å². The van der Waals surface area contributed by atoms with Crippen molar-refractivity contribution in [1.29, 1.82) is 0 Å². The number of thioether (sulfide) groups is 1. The van der Waals surface area contributed by atoms with Gasteiger partial charge in [0, 0.05) is 5.69 Å². The molecule has 0 aliphatic heterocycles. The number of halogens is 3. The molecule has 10 heteroatoms. The van der Waals surface area contributed by atoms with Crippen LogP contribution in [0.25, 0.3) is 5.69 Å². The van der Waals surface area contributed by atoms with Gasteiger partial charge in [0.2, 0.25) is 11.9 Å². The summed E-state index contributed by atoms with van der Waals surface area (Å²) < 4.78 is 39.8. The number of para-hydroxylation sites is 1. The highest BCUT2D eigenvalue weighted by molar-refractivity contribution is 7.99. The highest BCUT2D eigenvalue weighted by Crippen LogP contribution is 2.30. The van der Waals surface area contributed by atoms with Crippen molar-refractivity contribution in [3.8, 4) is 5.69 Å². The molecule has 0 saturated carbocycles. The second kappa shape index (κ2) is 7.70. The number of hydrogen-bond donors (Lipinski definition) is 2. The fourth-order valence-electron chi connectivity index (χ4n) is 2.30. The molecule has 3 N–H and O–H groups in total. The number of nitrogens with two attached hydrogens (primary N) is 1. The number of alkyl halides is 3. The number of carbonyl (C=O) groups excluding carboxylic acids is 1. The molecule has 0 bridgehead atoms. The predicted molar refractivity (Wildman–Crippen MR) is 96.6 cm³/mol. The molecule has 0 spiro atoms. The molecule has 3 aromatic rings. The first-order chi connectivity index (χ1) is 12.8. The third-order valence-corrected chi connectivity index (χ3v) is 4.41. The zero-order valence-corrected chi connectivity index (χ0v) is 14.6. The van der Waals surface area contributed by atoms with Gasteiger partial charge in [-0.3, -0.25) is 9.36 Å². The first-order valence-corrected chi connectivity index (χ1v) is 8.69. The van der Waals surface area contributed by atoms with Gasteiger partial charge in [0.05, 0.1) is 17.0 Å². The number of nitrogen functional groups attached to an aromatic ring is 1. The number of amides is 1. The van der Waals surface area contributed by atoms with Crippen molar-refractivity contribution in [2.75, 3.05) is 16.8 Å². The summed E-state index contributed by atoms with van der Waals surface area (Å²) in [4.78, 5) is 12.1. The van der Waals surface area contributed by atoms with Crippen molar-refractivity contribution in [3.05, 3.63) is 60.2 Å². The van der Waals surface area contributed by atoms with Crippen LogP contribution in [0.3, 0.4) is 0 Å². The standard InChI is InChI=1S/C17H14F3N5OS/c18-17(19,20)11-5-4-6-12(9-11)22-14(26)10-27-16-24-23-15(21)25(16)13-7-2-1-3-8-13/h1-9H,10H2,(H2,21,23)(H,22,26). The number of nitrogens with zero attached hydrogens (tertiary/aromatic N) is 3. The SMILES string of the molecule is Nc1nnc(SCC(=O)Nc2cccc(C(F)(F)F)c2)n1-c1ccccc1. The van der Waals surface area contributed by atoms with E-state index in [1.807, 2.05) is 30.3 Å². The Morgan fingerprint density at radius 3 is 2.56 bits per heavy atom. The van der Waals surface area contributed by atoms with Crippen LogP contribution in [0.5, 0.6) is 0 Å². The molecular formula is C17H14F3N5OS. The van der Waals surface area contributed by atoms with E-state index in [0.717, 1.165) is 29.6 Å². The fraction of sp³-hybridized carbons (Fsp3) is 0.118. The zero-order chi connectivity index (χ0) is 19.4. The maximum atomic E-state index is 12.7. The summed E-state index contributed by atoms with van der Waals surface area (Å²) in [5, 5.41) is 10.6. The topological polar surface area (TPSA) is 85.8 Å². The second-order valence-electron chi connectivity index (χ2n) is 5.43. The molecule has 3 rings (SSSR count). The average molecular weight is 393 g/mol. The van der Waals surface area contributed by atoms with E-state index < -0.39 is 17.6 Å². The number of aromatic nitrogens is 3. The van der Waals surface area contributed by atoms with Crippen LogP contribution in [0.15, 0.2) is 59.8 Å². The van der Waals surface area contributed by atoms with Gasteiger partial charge in [0.15, 0.2) is 5.16 Å². The van der Waals surface area contributed by atoms with Crippen molar-refractivity contribution in [2.24, 2.45) is 0 Å². The summed E-state index contributed by atoms with van der Waals surface area (Å²) in [7, 11) is 0. The van der Waals surface area contributed by atoms with Gasteiger partial charge in [-0.25, -0.2) is 0 Å². The minimum absolute atomic E-state index is 0.0682. The molecule has 0 unspecified atom stereocenters. The Hall–Kier alpha value is -3.01. The van der Waals surface area contributed by atoms with Crippen molar-refractivity contribution in [3.63, 3.8) is 0 Å². The molecule has 0 saturated heterocycles. The first kappa shape index (κ1) is 18.8. The van der Waals surface area contributed by atoms with Gasteiger partial charge in [-0.2, -0.15) is 13.2 Å². The van der Waals surface area contributed by atoms with E-state index in [9.17, 15) is 18.0 Å². The van der Waals surface area contributed by atoms with Gasteiger partial charge in [-0.15, -0.1) is 10.2 Å². The first-order valence-electron chi connectivity index (χ1n) is 7.71. The number of anilines is 2. The number of nitrogens with one attached hydrogen (secondary N) is 1. The van der Waals surface area contributed by atoms with Crippen LogP contribution in [-0.4, -0.2) is 26.4 Å². The molecule has 0 aliphatic carbocycles. The molecule has 6 nitrogen and oxygen atoms in total. The van der Waals surface area contributed by atoms with Crippen LogP contribution in [-0.2, 0) is 11.0 Å². The van der Waals surface area contributed by atoms with E-state index >= 15 is 0 Å². The van der Waals surface area contributed by atoms with E-state index in [-0.39, 0.29) is 17.4 Å². The maximum Gasteiger partial charge on any atom is 0.416 e. The van der Waals surface area contributed by atoms with Crippen molar-refractivity contribution < 1.29 is 18.0 Å². The molecule has 1 heterocycles. The lowest BCUT2D eigenvalue weighted by Gasteiger charge is -2.10. The van der Waals surface area contributed by atoms with Crippen LogP contribution >= 0.6 is 11.8 Å². The molecule has 0 atom stereocenters. The summed E-state index contributed by atoms with van der Waals surface area (Å²) in [6.07, 6.45) is -4.47. The normalized spacial score (nSPS) is 11.4. The third-order valence-electron chi connectivity index (χ3n) is 3.48. The molecule has 140 valence electrons. The second-order valence-corrected chi connectivity index (χ2v) is 6.37. The van der Waals surface area contributed by atoms with Crippen LogP contribution in [0.2, 0.25) is 0 Å². The molecule has 0 radical (unpaired) electrons. The lowest BCUT2D eigenvalue weighted by atomic mass is 10.2. The van der Waals surface area contributed by atoms with Crippen LogP contribution in [0.4, 0.5) is 24.8 Å². The Balaban J connectivity index is 1.67. The van der Waals surface area contributed by atoms with Crippen molar-refractivity contribution in [2.45, 2.75) is 11.3 Å². The predicted octanol–water partition coefficient (Wildman–Crippen LogP) is 3.60. The van der Waals surface area contributed by atoms with Crippen molar-refractivity contribution in [1.82, 2.24) is 14.8 Å². The quantitative estimate of drug-likeness (QED) is 0.647. The summed E-state index contributed by atoms with van der Waals surface area (Å²) in [6, 6.07) is 13.6. The summed E-state index contributed by atoms with van der Waals surface area (Å²) in [6.45, 7) is 0. The maximum absolute atomic E-state index is 12.7. The average Bonchev–Trinajstić information content (AvgIpc) is 3.01. The highest BCUT2D eigenvalue weighted by atomic mass is 32.2. The smallest absolute Gasteiger partial charge is 0.368 e. The number of rotatable bonds is 5. The Morgan fingerprint density at radius 1 is 1.11 bits per heavy atom. The molecule has 0 aliphatic rings. The molecule has 27 heavy (non-hydrogen) atoms. The lowest BCUT2D eigenvalue weighted by Crippen LogP contribution is -2.15. The van der Waals surface area contributed by atoms with E-state index in [1.54, 1.807) is 4.57 Å². The molecule has 1 aromatic heterocycles. The summed E-state index contributed by atoms with van der Waals surface area (Å²) >= 11 is 1.07. The molecule has 0 fully saturated rings. The number of benzene rings is 2. The minimum Gasteiger partial charge on any atom is -0.368 e. The third kappa shape index (κ3) is 4.59. The molecule has 1 amide bonds.